The second kappa shape index (κ2) is 4.29. The summed E-state index contributed by atoms with van der Waals surface area (Å²) in [5.74, 6) is 0.0590. The van der Waals surface area contributed by atoms with Crippen LogP contribution in [0.4, 0.5) is 0 Å². The molecule has 0 atom stereocenters. The van der Waals surface area contributed by atoms with Crippen molar-refractivity contribution >= 4 is 17.0 Å². The highest BCUT2D eigenvalue weighted by Gasteiger charge is 2.08. The number of nitrogens with one attached hydrogen (secondary N) is 1. The molecule has 0 aliphatic heterocycles. The number of rotatable bonds is 2. The van der Waals surface area contributed by atoms with E-state index in [1.807, 2.05) is 6.07 Å². The summed E-state index contributed by atoms with van der Waals surface area (Å²) in [7, 11) is 0. The van der Waals surface area contributed by atoms with Crippen LogP contribution in [-0.4, -0.2) is 21.4 Å². The van der Waals surface area contributed by atoms with Gasteiger partial charge in [0.2, 0.25) is 0 Å². The summed E-state index contributed by atoms with van der Waals surface area (Å²) in [4.78, 5) is 11.8. The highest BCUT2D eigenvalue weighted by atomic mass is 16.5. The molecule has 1 N–H and O–H groups in total. The van der Waals surface area contributed by atoms with E-state index in [4.69, 9.17) is 4.74 Å². The van der Waals surface area contributed by atoms with Crippen molar-refractivity contribution < 1.29 is 9.53 Å². The first-order valence-corrected chi connectivity index (χ1v) is 5.41. The molecule has 5 nitrogen and oxygen atoms in total. The smallest absolute Gasteiger partial charge is 0.343 e. The number of nitrogens with zero attached hydrogens (tertiary/aromatic N) is 2. The third kappa shape index (κ3) is 1.93. The molecule has 0 amide bonds. The zero-order chi connectivity index (χ0) is 12.4. The Labute approximate surface area is 102 Å². The molecule has 5 heteroatoms. The Bertz CT molecular complexity index is 692. The van der Waals surface area contributed by atoms with Crippen molar-refractivity contribution in [3.05, 3.63) is 54.1 Å². The van der Waals surface area contributed by atoms with E-state index >= 15 is 0 Å². The van der Waals surface area contributed by atoms with Crippen LogP contribution in [0.5, 0.6) is 5.75 Å². The van der Waals surface area contributed by atoms with Crippen LogP contribution in [0.1, 0.15) is 10.4 Å². The largest absolute Gasteiger partial charge is 0.423 e. The van der Waals surface area contributed by atoms with Crippen LogP contribution < -0.4 is 4.74 Å². The third-order valence-electron chi connectivity index (χ3n) is 2.51. The van der Waals surface area contributed by atoms with Crippen LogP contribution in [0, 0.1) is 0 Å². The topological polar surface area (TPSA) is 67.9 Å². The summed E-state index contributed by atoms with van der Waals surface area (Å²) < 4.78 is 5.26. The first-order valence-electron chi connectivity index (χ1n) is 5.41. The molecule has 3 rings (SSSR count). The Balaban J connectivity index is 1.86. The average Bonchev–Trinajstić information content (AvgIpc) is 2.87. The Kier molecular flexibility index (Phi) is 2.49. The highest BCUT2D eigenvalue weighted by Crippen LogP contribution is 2.18. The minimum Gasteiger partial charge on any atom is -0.423 e. The predicted octanol–water partition coefficient (Wildman–Crippen LogP) is 2.18. The molecule has 0 bridgehead atoms. The van der Waals surface area contributed by atoms with Crippen molar-refractivity contribution in [3.8, 4) is 5.75 Å². The summed E-state index contributed by atoms with van der Waals surface area (Å²) in [6.07, 6.45) is 0. The maximum atomic E-state index is 11.8. The second-order valence-corrected chi connectivity index (χ2v) is 3.73. The van der Waals surface area contributed by atoms with Gasteiger partial charge in [-0.2, -0.15) is 15.4 Å². The molecule has 1 aromatic heterocycles. The van der Waals surface area contributed by atoms with E-state index in [-0.39, 0.29) is 0 Å². The minimum atomic E-state index is -0.390. The molecule has 3 aromatic rings. The molecule has 1 heterocycles. The van der Waals surface area contributed by atoms with E-state index in [2.05, 4.69) is 15.4 Å². The van der Waals surface area contributed by atoms with Crippen LogP contribution >= 0.6 is 0 Å². The molecular formula is C13H9N3O2. The lowest BCUT2D eigenvalue weighted by Crippen LogP contribution is -2.07. The van der Waals surface area contributed by atoms with Gasteiger partial charge >= 0.3 is 5.97 Å². The molecule has 0 fully saturated rings. The summed E-state index contributed by atoms with van der Waals surface area (Å²) in [5.41, 5.74) is 1.90. The first kappa shape index (κ1) is 10.5. The molecule has 0 saturated heterocycles. The van der Waals surface area contributed by atoms with Gasteiger partial charge in [-0.1, -0.05) is 18.2 Å². The van der Waals surface area contributed by atoms with Crippen LogP contribution in [0.15, 0.2) is 48.5 Å². The molecule has 0 aliphatic carbocycles. The van der Waals surface area contributed by atoms with Gasteiger partial charge in [0.25, 0.3) is 0 Å². The normalized spacial score (nSPS) is 10.4. The van der Waals surface area contributed by atoms with Gasteiger partial charge in [0.15, 0.2) is 0 Å². The molecule has 0 spiro atoms. The van der Waals surface area contributed by atoms with Gasteiger partial charge in [-0.3, -0.25) is 0 Å². The van der Waals surface area contributed by atoms with Crippen molar-refractivity contribution in [1.29, 1.82) is 0 Å². The van der Waals surface area contributed by atoms with E-state index in [1.54, 1.807) is 42.5 Å². The average molecular weight is 239 g/mol. The summed E-state index contributed by atoms with van der Waals surface area (Å²) in [6.45, 7) is 0. The fourth-order valence-electron chi connectivity index (χ4n) is 1.62. The molecule has 0 radical (unpaired) electrons. The Morgan fingerprint density at radius 2 is 1.78 bits per heavy atom. The highest BCUT2D eigenvalue weighted by molar-refractivity contribution is 5.91. The van der Waals surface area contributed by atoms with E-state index in [0.717, 1.165) is 5.52 Å². The van der Waals surface area contributed by atoms with Gasteiger partial charge < -0.3 is 4.74 Å². The molecular weight excluding hydrogens is 230 g/mol. The van der Waals surface area contributed by atoms with E-state index in [1.165, 1.54) is 0 Å². The maximum absolute atomic E-state index is 11.8. The number of H-pyrrole nitrogens is 1. The first-order chi connectivity index (χ1) is 8.83. The Morgan fingerprint density at radius 1 is 1.00 bits per heavy atom. The quantitative estimate of drug-likeness (QED) is 0.549. The van der Waals surface area contributed by atoms with Gasteiger partial charge in [-0.25, -0.2) is 4.79 Å². The molecule has 2 aromatic carbocycles. The number of hydrogen-bond acceptors (Lipinski definition) is 4. The number of aromatic amines is 1. The number of carbonyl (C=O) groups is 1. The van der Waals surface area contributed by atoms with Gasteiger partial charge in [-0.15, -0.1) is 0 Å². The lowest BCUT2D eigenvalue weighted by Gasteiger charge is -2.03. The van der Waals surface area contributed by atoms with E-state index in [9.17, 15) is 4.79 Å². The fourth-order valence-corrected chi connectivity index (χ4v) is 1.62. The maximum Gasteiger partial charge on any atom is 0.343 e. The van der Waals surface area contributed by atoms with Gasteiger partial charge in [0.1, 0.15) is 16.8 Å². The molecule has 0 saturated carbocycles. The number of hydrogen-bond donors (Lipinski definition) is 1. The summed E-state index contributed by atoms with van der Waals surface area (Å²) in [6, 6.07) is 13.9. The van der Waals surface area contributed by atoms with Gasteiger partial charge in [-0.05, 0) is 24.3 Å². The van der Waals surface area contributed by atoms with Crippen LogP contribution in [0.3, 0.4) is 0 Å². The van der Waals surface area contributed by atoms with Crippen LogP contribution in [-0.2, 0) is 0 Å². The van der Waals surface area contributed by atoms with Crippen molar-refractivity contribution in [2.24, 2.45) is 0 Å². The molecule has 0 aliphatic rings. The number of ether oxygens (including phenoxy) is 1. The summed E-state index contributed by atoms with van der Waals surface area (Å²) in [5, 5.41) is 10.4. The van der Waals surface area contributed by atoms with E-state index in [0.29, 0.717) is 16.8 Å². The minimum absolute atomic E-state index is 0.390. The van der Waals surface area contributed by atoms with Crippen LogP contribution in [0.25, 0.3) is 11.0 Å². The van der Waals surface area contributed by atoms with Crippen molar-refractivity contribution in [2.45, 2.75) is 0 Å². The molecule has 18 heavy (non-hydrogen) atoms. The number of fused-ring (bicyclic) bond motifs is 1. The number of esters is 1. The van der Waals surface area contributed by atoms with Crippen molar-refractivity contribution in [3.63, 3.8) is 0 Å². The second-order valence-electron chi connectivity index (χ2n) is 3.73. The SMILES string of the molecule is O=C(Oc1ccc2n[nH]nc2c1)c1ccccc1. The van der Waals surface area contributed by atoms with Gasteiger partial charge in [0.05, 0.1) is 5.56 Å². The molecule has 88 valence electrons. The zero-order valence-corrected chi connectivity index (χ0v) is 9.33. The lowest BCUT2D eigenvalue weighted by molar-refractivity contribution is 0.0735. The van der Waals surface area contributed by atoms with Crippen LogP contribution in [0.2, 0.25) is 0 Å². The van der Waals surface area contributed by atoms with Gasteiger partial charge in [0, 0.05) is 6.07 Å². The lowest BCUT2D eigenvalue weighted by atomic mass is 10.2. The third-order valence-corrected chi connectivity index (χ3v) is 2.51. The van der Waals surface area contributed by atoms with Crippen molar-refractivity contribution in [1.82, 2.24) is 15.4 Å². The van der Waals surface area contributed by atoms with E-state index < -0.39 is 5.97 Å². The Hall–Kier alpha value is -2.69. The number of aromatic nitrogens is 3. The monoisotopic (exact) mass is 239 g/mol. The molecule has 0 unspecified atom stereocenters. The zero-order valence-electron chi connectivity index (χ0n) is 9.33. The van der Waals surface area contributed by atoms with Crippen molar-refractivity contribution in [2.75, 3.05) is 0 Å². The fraction of sp³-hybridized carbons (Fsp3) is 0. The summed E-state index contributed by atoms with van der Waals surface area (Å²) >= 11 is 0. The standard InChI is InChI=1S/C13H9N3O2/c17-13(9-4-2-1-3-5-9)18-10-6-7-11-12(8-10)15-16-14-11/h1-8H,(H,14,15,16). The number of carbonyl (C=O) groups excluding carboxylic acids is 1. The predicted molar refractivity (Wildman–Crippen MR) is 65.3 cm³/mol. The Morgan fingerprint density at radius 3 is 2.61 bits per heavy atom. The number of benzene rings is 2.